The number of carbonyl (C=O) groups is 2. The van der Waals surface area contributed by atoms with E-state index in [0.29, 0.717) is 39.8 Å². The van der Waals surface area contributed by atoms with Gasteiger partial charge in [-0.2, -0.15) is 0 Å². The normalized spacial score (nSPS) is 17.3. The van der Waals surface area contributed by atoms with Gasteiger partial charge in [0.25, 0.3) is 0 Å². The minimum absolute atomic E-state index is 0.200. The second kappa shape index (κ2) is 19.8. The number of nitrogens with zero attached hydrogens (tertiary/aromatic N) is 7. The third-order valence-electron chi connectivity index (χ3n) is 12.1. The lowest BCUT2D eigenvalue weighted by Crippen LogP contribution is -2.37. The summed E-state index contributed by atoms with van der Waals surface area (Å²) < 4.78 is 28.6. The average molecular weight is 936 g/mol. The predicted octanol–water partition coefficient (Wildman–Crippen LogP) is 12.4. The number of rotatable bonds is 15. The van der Waals surface area contributed by atoms with Crippen molar-refractivity contribution in [3.63, 3.8) is 0 Å². The van der Waals surface area contributed by atoms with Crippen LogP contribution in [0.5, 0.6) is 0 Å². The molecule has 5 heterocycles. The first-order chi connectivity index (χ1) is 31.0. The van der Waals surface area contributed by atoms with Gasteiger partial charge in [0, 0.05) is 65.3 Å². The fourth-order valence-corrected chi connectivity index (χ4v) is 10.1. The molecule has 2 fully saturated rings. The van der Waals surface area contributed by atoms with Crippen LogP contribution in [-0.2, 0) is 32.4 Å². The van der Waals surface area contributed by atoms with Crippen molar-refractivity contribution in [1.82, 2.24) is 33.9 Å². The first-order valence-corrected chi connectivity index (χ1v) is 31.2. The van der Waals surface area contributed by atoms with Gasteiger partial charge in [-0.15, -0.1) is 0 Å². The lowest BCUT2D eigenvalue weighted by atomic mass is 10.0. The fraction of sp³-hybridized carbons (Fsp3) is 0.549. The predicted molar refractivity (Wildman–Crippen MR) is 268 cm³/mol. The Morgan fingerprint density at radius 3 is 1.47 bits per heavy atom. The zero-order valence-corrected chi connectivity index (χ0v) is 43.6. The fourth-order valence-electron chi connectivity index (χ4n) is 8.54. The lowest BCUT2D eigenvalue weighted by Gasteiger charge is -2.29. The van der Waals surface area contributed by atoms with E-state index in [2.05, 4.69) is 96.9 Å². The number of pyridine rings is 1. The maximum Gasteiger partial charge on any atom is 0.410 e. The Bertz CT molecular complexity index is 2470. The van der Waals surface area contributed by atoms with Crippen LogP contribution >= 0.6 is 0 Å². The summed E-state index contributed by atoms with van der Waals surface area (Å²) in [6.45, 7) is 28.8. The van der Waals surface area contributed by atoms with Crippen molar-refractivity contribution in [2.45, 2.75) is 155 Å². The second-order valence-corrected chi connectivity index (χ2v) is 33.7. The molecule has 0 aliphatic carbocycles. The highest BCUT2D eigenvalue weighted by molar-refractivity contribution is 6.76. The van der Waals surface area contributed by atoms with Crippen LogP contribution in [0, 0.1) is 0 Å². The number of imidazole rings is 2. The Hall–Kier alpha value is -4.84. The van der Waals surface area contributed by atoms with Gasteiger partial charge < -0.3 is 28.1 Å². The van der Waals surface area contributed by atoms with Crippen molar-refractivity contribution in [2.24, 2.45) is 0 Å². The Kier molecular flexibility index (Phi) is 14.7. The first kappa shape index (κ1) is 49.1. The Labute approximate surface area is 394 Å². The molecule has 2 saturated heterocycles. The summed E-state index contributed by atoms with van der Waals surface area (Å²) in [6.07, 6.45) is 8.46. The third-order valence-corrected chi connectivity index (χ3v) is 15.5. The molecule has 0 N–H and O–H groups in total. The number of fused-ring (bicyclic) bond motifs is 1. The average Bonchev–Trinajstić information content (AvgIpc) is 4.05. The largest absolute Gasteiger partial charge is 0.444 e. The van der Waals surface area contributed by atoms with E-state index in [-0.39, 0.29) is 24.3 Å². The van der Waals surface area contributed by atoms with Gasteiger partial charge in [0.05, 0.1) is 41.6 Å². The van der Waals surface area contributed by atoms with E-state index >= 15 is 0 Å². The van der Waals surface area contributed by atoms with Crippen LogP contribution in [0.4, 0.5) is 9.59 Å². The molecule has 2 aliphatic heterocycles. The van der Waals surface area contributed by atoms with Crippen LogP contribution in [-0.4, -0.2) is 99.7 Å². The van der Waals surface area contributed by atoms with Gasteiger partial charge in [-0.1, -0.05) is 63.5 Å². The van der Waals surface area contributed by atoms with Crippen LogP contribution in [0.25, 0.3) is 44.5 Å². The van der Waals surface area contributed by atoms with Crippen molar-refractivity contribution >= 4 is 39.1 Å². The minimum Gasteiger partial charge on any atom is -0.444 e. The number of likely N-dealkylation sites (tertiary alicyclic amines) is 2. The molecule has 2 unspecified atom stereocenters. The number of amides is 2. The maximum atomic E-state index is 13.4. The van der Waals surface area contributed by atoms with Gasteiger partial charge >= 0.3 is 12.2 Å². The highest BCUT2D eigenvalue weighted by Crippen LogP contribution is 2.38. The van der Waals surface area contributed by atoms with E-state index in [1.807, 2.05) is 69.9 Å². The Balaban J connectivity index is 1.14. The van der Waals surface area contributed by atoms with E-state index in [9.17, 15) is 9.59 Å². The van der Waals surface area contributed by atoms with Crippen LogP contribution in [0.2, 0.25) is 51.4 Å². The Morgan fingerprint density at radius 2 is 1.03 bits per heavy atom. The van der Waals surface area contributed by atoms with E-state index in [0.717, 1.165) is 94.0 Å². The number of hydrogen-bond donors (Lipinski definition) is 0. The number of carbonyl (C=O) groups excluding carboxylic acids is 2. The highest BCUT2D eigenvalue weighted by Gasteiger charge is 2.38. The SMILES string of the molecule is CC(C)(C)OC(=O)N1CCCC1c1ncc(-c2ccc(-c3ccc4cc(-c5cnc(C6CCCN6C(=O)OC(C)(C)C)n5COCC[Si](C)(C)C)ccc4c3)nc2)n1COCC[Si](C)(C)C. The maximum absolute atomic E-state index is 13.4. The third kappa shape index (κ3) is 12.4. The summed E-state index contributed by atoms with van der Waals surface area (Å²) in [4.78, 5) is 45.2. The van der Waals surface area contributed by atoms with Gasteiger partial charge in [0.15, 0.2) is 0 Å². The number of hydrogen-bond acceptors (Lipinski definition) is 9. The molecule has 2 amide bonds. The molecule has 15 heteroatoms. The number of benzene rings is 2. The van der Waals surface area contributed by atoms with Crippen molar-refractivity contribution < 1.29 is 28.5 Å². The summed E-state index contributed by atoms with van der Waals surface area (Å²) in [5.41, 5.74) is 4.49. The highest BCUT2D eigenvalue weighted by atomic mass is 28.3. The van der Waals surface area contributed by atoms with Crippen molar-refractivity contribution in [3.05, 3.63) is 78.8 Å². The molecule has 13 nitrogen and oxygen atoms in total. The standard InChI is InChI=1S/C51H73N7O6Si2/c1-50(2,3)63-48(59)55-23-13-15-42(55)46-53-32-44(57(46)34-61-25-27-65(7,8)9)39-20-18-36-29-38(19-17-37(36)30-39)41-22-21-40(31-52-41)45-33-54-47(58(45)35-62-26-28-66(10,11)12)43-16-14-24-56(43)49(60)64-51(4,5)6/h17-22,29-33,42-43H,13-16,23-28,34-35H2,1-12H3. The van der Waals surface area contributed by atoms with Crippen LogP contribution in [0.1, 0.15) is 91.0 Å². The molecular formula is C51H73N7O6Si2. The molecule has 0 bridgehead atoms. The number of aromatic nitrogens is 5. The van der Waals surface area contributed by atoms with Gasteiger partial charge in [0.1, 0.15) is 36.3 Å². The molecule has 356 valence electrons. The van der Waals surface area contributed by atoms with Crippen LogP contribution in [0.3, 0.4) is 0 Å². The second-order valence-electron chi connectivity index (χ2n) is 22.4. The molecule has 7 rings (SSSR count). The van der Waals surface area contributed by atoms with Crippen LogP contribution < -0.4 is 0 Å². The summed E-state index contributed by atoms with van der Waals surface area (Å²) in [6, 6.07) is 18.8. The van der Waals surface area contributed by atoms with E-state index in [1.165, 1.54) is 0 Å². The summed E-state index contributed by atoms with van der Waals surface area (Å²) >= 11 is 0. The van der Waals surface area contributed by atoms with E-state index in [1.54, 1.807) is 0 Å². The first-order valence-electron chi connectivity index (χ1n) is 23.8. The van der Waals surface area contributed by atoms with Crippen molar-refractivity contribution in [1.29, 1.82) is 0 Å². The minimum atomic E-state index is -1.30. The topological polar surface area (TPSA) is 126 Å². The lowest BCUT2D eigenvalue weighted by molar-refractivity contribution is 0.0195. The molecule has 0 saturated carbocycles. The van der Waals surface area contributed by atoms with E-state index < -0.39 is 27.3 Å². The zero-order valence-electron chi connectivity index (χ0n) is 41.6. The smallest absolute Gasteiger partial charge is 0.410 e. The van der Waals surface area contributed by atoms with Crippen LogP contribution in [0.15, 0.2) is 67.1 Å². The summed E-state index contributed by atoms with van der Waals surface area (Å²) in [5.74, 6) is 1.62. The molecule has 0 spiro atoms. The summed E-state index contributed by atoms with van der Waals surface area (Å²) in [7, 11) is -2.60. The molecule has 0 radical (unpaired) electrons. The van der Waals surface area contributed by atoms with Crippen molar-refractivity contribution in [2.75, 3.05) is 26.3 Å². The molecule has 5 aromatic rings. The quantitative estimate of drug-likeness (QED) is 0.0745. The molecule has 66 heavy (non-hydrogen) atoms. The molecule has 2 aliphatic rings. The van der Waals surface area contributed by atoms with Gasteiger partial charge in [-0.3, -0.25) is 14.8 Å². The molecule has 2 aromatic carbocycles. The van der Waals surface area contributed by atoms with Gasteiger partial charge in [-0.25, -0.2) is 19.6 Å². The van der Waals surface area contributed by atoms with Crippen molar-refractivity contribution in [3.8, 4) is 33.8 Å². The monoisotopic (exact) mass is 936 g/mol. The van der Waals surface area contributed by atoms with Gasteiger partial charge in [-0.05, 0) is 114 Å². The molecule has 3 aromatic heterocycles. The van der Waals surface area contributed by atoms with E-state index in [4.69, 9.17) is 33.9 Å². The zero-order chi connectivity index (χ0) is 47.6. The number of ether oxygens (including phenoxy) is 4. The summed E-state index contributed by atoms with van der Waals surface area (Å²) in [5, 5.41) is 2.19. The Morgan fingerprint density at radius 1 is 0.591 bits per heavy atom. The van der Waals surface area contributed by atoms with Gasteiger partial charge in [0.2, 0.25) is 0 Å². The molecule has 2 atom stereocenters. The molecular weight excluding hydrogens is 863 g/mol.